The normalized spacial score (nSPS) is 12.3. The van der Waals surface area contributed by atoms with E-state index in [0.717, 1.165) is 16.9 Å². The number of hydrogen-bond donors (Lipinski definition) is 0. The fourth-order valence-electron chi connectivity index (χ4n) is 7.33. The number of aromatic nitrogens is 1. The van der Waals surface area contributed by atoms with Crippen molar-refractivity contribution in [3.63, 3.8) is 0 Å². The summed E-state index contributed by atoms with van der Waals surface area (Å²) in [5, 5.41) is 7.60. The molecule has 7 aromatic carbocycles. The first-order valence-electron chi connectivity index (χ1n) is 14.4. The molecule has 0 aliphatic heterocycles. The molecular formula is C40H23NO. The second-order valence-corrected chi connectivity index (χ2v) is 11.3. The first kappa shape index (κ1) is 22.1. The van der Waals surface area contributed by atoms with Crippen molar-refractivity contribution in [1.29, 1.82) is 0 Å². The van der Waals surface area contributed by atoms with E-state index in [2.05, 4.69) is 144 Å². The Morgan fingerprint density at radius 2 is 1.02 bits per heavy atom. The molecule has 0 fully saturated rings. The van der Waals surface area contributed by atoms with E-state index in [4.69, 9.17) is 4.42 Å². The van der Waals surface area contributed by atoms with Gasteiger partial charge in [0, 0.05) is 32.6 Å². The first-order chi connectivity index (χ1) is 20.8. The molecule has 194 valence electrons. The molecule has 2 heteroatoms. The quantitative estimate of drug-likeness (QED) is 0.221. The van der Waals surface area contributed by atoms with Crippen molar-refractivity contribution in [1.82, 2.24) is 4.57 Å². The molecule has 0 saturated heterocycles. The van der Waals surface area contributed by atoms with Crippen molar-refractivity contribution in [2.45, 2.75) is 0 Å². The van der Waals surface area contributed by atoms with Gasteiger partial charge in [0.25, 0.3) is 0 Å². The molecule has 0 unspecified atom stereocenters. The third kappa shape index (κ3) is 2.83. The molecule has 0 amide bonds. The average Bonchev–Trinajstić information content (AvgIpc) is 3.57. The van der Waals surface area contributed by atoms with Crippen LogP contribution in [0.5, 0.6) is 0 Å². The summed E-state index contributed by atoms with van der Waals surface area (Å²) in [6.07, 6.45) is 0. The second-order valence-electron chi connectivity index (χ2n) is 11.3. The average molecular weight is 534 g/mol. The molecule has 10 rings (SSSR count). The van der Waals surface area contributed by atoms with Gasteiger partial charge in [-0.15, -0.1) is 0 Å². The van der Waals surface area contributed by atoms with Crippen LogP contribution in [0.4, 0.5) is 0 Å². The summed E-state index contributed by atoms with van der Waals surface area (Å²) in [7, 11) is 0. The Morgan fingerprint density at radius 3 is 1.90 bits per heavy atom. The summed E-state index contributed by atoms with van der Waals surface area (Å²) in [5.41, 5.74) is 12.9. The van der Waals surface area contributed by atoms with E-state index >= 15 is 0 Å². The van der Waals surface area contributed by atoms with Crippen LogP contribution < -0.4 is 0 Å². The minimum atomic E-state index is 0.950. The smallest absolute Gasteiger partial charge is 0.136 e. The second kappa shape index (κ2) is 7.99. The Bertz CT molecular complexity index is 2560. The molecule has 2 aromatic heterocycles. The zero-order valence-corrected chi connectivity index (χ0v) is 22.6. The van der Waals surface area contributed by atoms with Crippen LogP contribution >= 0.6 is 0 Å². The van der Waals surface area contributed by atoms with Crippen LogP contribution in [0.2, 0.25) is 0 Å². The van der Waals surface area contributed by atoms with Crippen molar-refractivity contribution < 1.29 is 4.42 Å². The first-order valence-corrected chi connectivity index (χ1v) is 14.4. The number of rotatable bonds is 3. The Morgan fingerprint density at radius 1 is 0.381 bits per heavy atom. The van der Waals surface area contributed by atoms with Crippen LogP contribution in [-0.4, -0.2) is 4.57 Å². The lowest BCUT2D eigenvalue weighted by Gasteiger charge is -2.12. The lowest BCUT2D eigenvalue weighted by Crippen LogP contribution is -1.95. The van der Waals surface area contributed by atoms with Crippen LogP contribution in [0.3, 0.4) is 0 Å². The summed E-state index contributed by atoms with van der Waals surface area (Å²) in [6, 6.07) is 50.5. The third-order valence-electron chi connectivity index (χ3n) is 9.09. The van der Waals surface area contributed by atoms with Crippen molar-refractivity contribution in [3.8, 4) is 39.1 Å². The van der Waals surface area contributed by atoms with Crippen LogP contribution in [-0.2, 0) is 0 Å². The Hall–Kier alpha value is -5.60. The highest BCUT2D eigenvalue weighted by atomic mass is 16.3. The predicted molar refractivity (Wildman–Crippen MR) is 175 cm³/mol. The van der Waals surface area contributed by atoms with Crippen LogP contribution in [0, 0.1) is 0 Å². The molecule has 1 aliphatic rings. The monoisotopic (exact) mass is 533 g/mol. The van der Waals surface area contributed by atoms with Gasteiger partial charge in [-0.1, -0.05) is 97.1 Å². The van der Waals surface area contributed by atoms with E-state index < -0.39 is 0 Å². The number of benzene rings is 7. The number of furan rings is 1. The van der Waals surface area contributed by atoms with Crippen molar-refractivity contribution in [2.24, 2.45) is 0 Å². The van der Waals surface area contributed by atoms with Crippen molar-refractivity contribution in [2.75, 3.05) is 0 Å². The van der Waals surface area contributed by atoms with Crippen LogP contribution in [0.1, 0.15) is 0 Å². The summed E-state index contributed by atoms with van der Waals surface area (Å²) >= 11 is 0. The fourth-order valence-corrected chi connectivity index (χ4v) is 7.33. The van der Waals surface area contributed by atoms with Gasteiger partial charge in [-0.05, 0) is 81.2 Å². The van der Waals surface area contributed by atoms with Crippen LogP contribution in [0.15, 0.2) is 144 Å². The predicted octanol–water partition coefficient (Wildman–Crippen LogP) is 11.2. The maximum absolute atomic E-state index is 6.41. The molecule has 9 aromatic rings. The molecule has 2 heterocycles. The molecule has 0 N–H and O–H groups in total. The number of nitrogens with zero attached hydrogens (tertiary/aromatic N) is 1. The summed E-state index contributed by atoms with van der Waals surface area (Å²) in [4.78, 5) is 0. The summed E-state index contributed by atoms with van der Waals surface area (Å²) < 4.78 is 8.85. The highest BCUT2D eigenvalue weighted by molar-refractivity contribution is 6.37. The Balaban J connectivity index is 1.29. The van der Waals surface area contributed by atoms with E-state index in [1.165, 1.54) is 76.7 Å². The minimum Gasteiger partial charge on any atom is -0.456 e. The molecule has 2 nitrogen and oxygen atoms in total. The molecular weight excluding hydrogens is 510 g/mol. The minimum absolute atomic E-state index is 0.950. The maximum Gasteiger partial charge on any atom is 0.136 e. The third-order valence-corrected chi connectivity index (χ3v) is 9.09. The van der Waals surface area contributed by atoms with Crippen LogP contribution in [0.25, 0.3) is 93.6 Å². The van der Waals surface area contributed by atoms with Gasteiger partial charge in [0.2, 0.25) is 0 Å². The van der Waals surface area contributed by atoms with Crippen molar-refractivity contribution in [3.05, 3.63) is 140 Å². The van der Waals surface area contributed by atoms with Gasteiger partial charge in [0.05, 0.1) is 11.0 Å². The molecule has 1 aliphatic carbocycles. The van der Waals surface area contributed by atoms with E-state index in [1.54, 1.807) is 0 Å². The highest BCUT2D eigenvalue weighted by Gasteiger charge is 2.25. The Kier molecular flexibility index (Phi) is 4.21. The molecule has 42 heavy (non-hydrogen) atoms. The van der Waals surface area contributed by atoms with Crippen molar-refractivity contribution >= 4 is 54.5 Å². The van der Waals surface area contributed by atoms with Gasteiger partial charge >= 0.3 is 0 Å². The lowest BCUT2D eigenvalue weighted by atomic mass is 9.98. The van der Waals surface area contributed by atoms with Gasteiger partial charge in [-0.2, -0.15) is 0 Å². The van der Waals surface area contributed by atoms with E-state index in [1.807, 2.05) is 0 Å². The molecule has 0 atom stereocenters. The van der Waals surface area contributed by atoms with Gasteiger partial charge in [-0.25, -0.2) is 0 Å². The van der Waals surface area contributed by atoms with E-state index in [0.29, 0.717) is 0 Å². The van der Waals surface area contributed by atoms with Gasteiger partial charge < -0.3 is 8.98 Å². The SMILES string of the molecule is c1ccc(-c2cccc(-c3cccc(-n4c5cccc6c5c5c7c(ccc8oc9cccc-6c9c87)ccc54)c3)c2)cc1. The van der Waals surface area contributed by atoms with Gasteiger partial charge in [0.1, 0.15) is 11.2 Å². The van der Waals surface area contributed by atoms with E-state index in [-0.39, 0.29) is 0 Å². The molecule has 0 saturated carbocycles. The van der Waals surface area contributed by atoms with E-state index in [9.17, 15) is 0 Å². The zero-order chi connectivity index (χ0) is 27.4. The molecule has 0 spiro atoms. The fraction of sp³-hybridized carbons (Fsp3) is 0. The topological polar surface area (TPSA) is 18.1 Å². The summed E-state index contributed by atoms with van der Waals surface area (Å²) in [6.45, 7) is 0. The van der Waals surface area contributed by atoms with Gasteiger partial charge in [0.15, 0.2) is 0 Å². The largest absolute Gasteiger partial charge is 0.456 e. The molecule has 0 radical (unpaired) electrons. The number of hydrogen-bond acceptors (Lipinski definition) is 1. The standard InChI is InChI=1S/C40H23NO/c1-2-8-24(9-3-1)26-10-4-11-27(22-26)28-12-5-13-29(23-28)41-32-16-6-14-30-31-15-7-17-34-38(31)40-35(42-34)21-19-25-18-20-33(41)39(36(25)40)37(30)32/h1-23H. The molecule has 0 bridgehead atoms. The zero-order valence-electron chi connectivity index (χ0n) is 22.6. The summed E-state index contributed by atoms with van der Waals surface area (Å²) in [5.74, 6) is 0. The Labute approximate surface area is 241 Å². The maximum atomic E-state index is 6.41. The highest BCUT2D eigenvalue weighted by Crippen LogP contribution is 2.50. The van der Waals surface area contributed by atoms with Gasteiger partial charge in [-0.3, -0.25) is 0 Å². The lowest BCUT2D eigenvalue weighted by molar-refractivity contribution is 0.669. The number of fused-ring (bicyclic) bond motifs is 1.